The van der Waals surface area contributed by atoms with Crippen LogP contribution < -0.4 is 10.6 Å². The van der Waals surface area contributed by atoms with Crippen molar-refractivity contribution in [1.82, 2.24) is 4.98 Å². The number of nitrogens with one attached hydrogen (secondary N) is 2. The van der Waals surface area contributed by atoms with Gasteiger partial charge in [0.2, 0.25) is 0 Å². The van der Waals surface area contributed by atoms with Gasteiger partial charge in [-0.1, -0.05) is 17.7 Å². The quantitative estimate of drug-likeness (QED) is 0.718. The lowest BCUT2D eigenvalue weighted by atomic mass is 10.2. The fourth-order valence-electron chi connectivity index (χ4n) is 2.39. The van der Waals surface area contributed by atoms with Crippen molar-refractivity contribution < 1.29 is 9.18 Å². The molecule has 0 radical (unpaired) electrons. The molecular formula is C20H18FN3O. The SMILES string of the molecule is Cc1ccc(NC(=O)c2ccnc(Nc3ccc(F)cc3C)c2)cc1. The number of benzene rings is 2. The molecule has 4 nitrogen and oxygen atoms in total. The van der Waals surface area contributed by atoms with Gasteiger partial charge >= 0.3 is 0 Å². The summed E-state index contributed by atoms with van der Waals surface area (Å²) in [5.74, 6) is 0.0126. The van der Waals surface area contributed by atoms with Crippen LogP contribution in [0.5, 0.6) is 0 Å². The minimum Gasteiger partial charge on any atom is -0.340 e. The van der Waals surface area contributed by atoms with E-state index in [9.17, 15) is 9.18 Å². The summed E-state index contributed by atoms with van der Waals surface area (Å²) in [7, 11) is 0. The summed E-state index contributed by atoms with van der Waals surface area (Å²) in [5.41, 5.74) is 3.85. The Labute approximate surface area is 145 Å². The molecule has 0 aliphatic carbocycles. The van der Waals surface area contributed by atoms with Gasteiger partial charge in [-0.25, -0.2) is 9.37 Å². The van der Waals surface area contributed by atoms with E-state index in [2.05, 4.69) is 15.6 Å². The maximum absolute atomic E-state index is 13.2. The average Bonchev–Trinajstić information content (AvgIpc) is 2.60. The second-order valence-electron chi connectivity index (χ2n) is 5.83. The summed E-state index contributed by atoms with van der Waals surface area (Å²) in [6, 6.07) is 15.4. The van der Waals surface area contributed by atoms with Gasteiger partial charge in [0.1, 0.15) is 11.6 Å². The molecular weight excluding hydrogens is 317 g/mol. The van der Waals surface area contributed by atoms with Crippen LogP contribution in [0.25, 0.3) is 0 Å². The first-order valence-electron chi connectivity index (χ1n) is 7.88. The molecule has 0 saturated heterocycles. The number of rotatable bonds is 4. The summed E-state index contributed by atoms with van der Waals surface area (Å²) >= 11 is 0. The summed E-state index contributed by atoms with van der Waals surface area (Å²) in [6.45, 7) is 3.79. The van der Waals surface area contributed by atoms with Crippen LogP contribution in [0.4, 0.5) is 21.6 Å². The van der Waals surface area contributed by atoms with E-state index in [1.54, 1.807) is 31.3 Å². The molecule has 1 heterocycles. The van der Waals surface area contributed by atoms with Gasteiger partial charge in [0.25, 0.3) is 5.91 Å². The number of carbonyl (C=O) groups is 1. The van der Waals surface area contributed by atoms with Crippen LogP contribution in [0.3, 0.4) is 0 Å². The lowest BCUT2D eigenvalue weighted by molar-refractivity contribution is 0.102. The van der Waals surface area contributed by atoms with Crippen molar-refractivity contribution in [3.63, 3.8) is 0 Å². The average molecular weight is 335 g/mol. The van der Waals surface area contributed by atoms with Crippen molar-refractivity contribution in [2.75, 3.05) is 10.6 Å². The largest absolute Gasteiger partial charge is 0.340 e. The third-order valence-corrected chi connectivity index (χ3v) is 3.78. The van der Waals surface area contributed by atoms with E-state index in [4.69, 9.17) is 0 Å². The topological polar surface area (TPSA) is 54.0 Å². The van der Waals surface area contributed by atoms with E-state index in [-0.39, 0.29) is 11.7 Å². The highest BCUT2D eigenvalue weighted by Crippen LogP contribution is 2.21. The van der Waals surface area contributed by atoms with Crippen molar-refractivity contribution in [3.8, 4) is 0 Å². The van der Waals surface area contributed by atoms with Crippen LogP contribution >= 0.6 is 0 Å². The first-order valence-corrected chi connectivity index (χ1v) is 7.88. The summed E-state index contributed by atoms with van der Waals surface area (Å²) in [5, 5.41) is 5.96. The molecule has 0 spiro atoms. The lowest BCUT2D eigenvalue weighted by Gasteiger charge is -2.10. The van der Waals surface area contributed by atoms with E-state index < -0.39 is 0 Å². The molecule has 0 bridgehead atoms. The molecule has 2 aromatic carbocycles. The van der Waals surface area contributed by atoms with Gasteiger partial charge in [0, 0.05) is 23.1 Å². The number of hydrogen-bond donors (Lipinski definition) is 2. The smallest absolute Gasteiger partial charge is 0.255 e. The predicted octanol–water partition coefficient (Wildman–Crippen LogP) is 4.83. The molecule has 3 rings (SSSR count). The minimum atomic E-state index is -0.290. The Kier molecular flexibility index (Phi) is 4.75. The number of aryl methyl sites for hydroxylation is 2. The molecule has 0 aliphatic rings. The second-order valence-corrected chi connectivity index (χ2v) is 5.83. The first kappa shape index (κ1) is 16.6. The van der Waals surface area contributed by atoms with E-state index in [0.29, 0.717) is 11.4 Å². The maximum Gasteiger partial charge on any atom is 0.255 e. The van der Waals surface area contributed by atoms with Crippen molar-refractivity contribution in [3.05, 3.63) is 83.3 Å². The number of halogens is 1. The Bertz CT molecular complexity index is 907. The predicted molar refractivity (Wildman–Crippen MR) is 97.8 cm³/mol. The zero-order valence-corrected chi connectivity index (χ0v) is 14.0. The van der Waals surface area contributed by atoms with E-state index in [1.807, 2.05) is 31.2 Å². The standard InChI is InChI=1S/C20H18FN3O/c1-13-3-6-17(7-4-13)23-20(25)15-9-10-22-19(12-15)24-18-8-5-16(21)11-14(18)2/h3-12H,1-2H3,(H,22,24)(H,23,25). The van der Waals surface area contributed by atoms with Gasteiger partial charge in [-0.2, -0.15) is 0 Å². The number of nitrogens with zero attached hydrogens (tertiary/aromatic N) is 1. The Morgan fingerprint density at radius 2 is 1.76 bits per heavy atom. The monoisotopic (exact) mass is 335 g/mol. The van der Waals surface area contributed by atoms with Crippen LogP contribution in [-0.4, -0.2) is 10.9 Å². The maximum atomic E-state index is 13.2. The molecule has 0 atom stereocenters. The van der Waals surface area contributed by atoms with Crippen molar-refractivity contribution in [2.45, 2.75) is 13.8 Å². The molecule has 2 N–H and O–H groups in total. The molecule has 1 amide bonds. The molecule has 25 heavy (non-hydrogen) atoms. The van der Waals surface area contributed by atoms with Gasteiger partial charge in [0.15, 0.2) is 0 Å². The molecule has 3 aromatic rings. The summed E-state index contributed by atoms with van der Waals surface area (Å²) in [4.78, 5) is 16.6. The highest BCUT2D eigenvalue weighted by atomic mass is 19.1. The molecule has 0 unspecified atom stereocenters. The Balaban J connectivity index is 1.76. The Morgan fingerprint density at radius 3 is 2.48 bits per heavy atom. The highest BCUT2D eigenvalue weighted by Gasteiger charge is 2.08. The van der Waals surface area contributed by atoms with E-state index >= 15 is 0 Å². The van der Waals surface area contributed by atoms with Crippen molar-refractivity contribution in [1.29, 1.82) is 0 Å². The molecule has 0 aliphatic heterocycles. The van der Waals surface area contributed by atoms with Gasteiger partial charge in [-0.05, 0) is 61.9 Å². The number of anilines is 3. The number of hydrogen-bond acceptors (Lipinski definition) is 3. The highest BCUT2D eigenvalue weighted by molar-refractivity contribution is 6.04. The summed E-state index contributed by atoms with van der Waals surface area (Å²) < 4.78 is 13.2. The van der Waals surface area contributed by atoms with Crippen LogP contribution in [-0.2, 0) is 0 Å². The van der Waals surface area contributed by atoms with Gasteiger partial charge in [0.05, 0.1) is 0 Å². The molecule has 1 aromatic heterocycles. The third-order valence-electron chi connectivity index (χ3n) is 3.78. The Morgan fingerprint density at radius 1 is 1.00 bits per heavy atom. The normalized spacial score (nSPS) is 10.4. The lowest BCUT2D eigenvalue weighted by Crippen LogP contribution is -2.12. The van der Waals surface area contributed by atoms with E-state index in [1.165, 1.54) is 12.1 Å². The van der Waals surface area contributed by atoms with E-state index in [0.717, 1.165) is 22.5 Å². The zero-order chi connectivity index (χ0) is 17.8. The molecule has 0 fully saturated rings. The van der Waals surface area contributed by atoms with Crippen LogP contribution in [0.15, 0.2) is 60.8 Å². The number of aromatic nitrogens is 1. The van der Waals surface area contributed by atoms with Gasteiger partial charge < -0.3 is 10.6 Å². The molecule has 0 saturated carbocycles. The fourth-order valence-corrected chi connectivity index (χ4v) is 2.39. The minimum absolute atomic E-state index is 0.217. The van der Waals surface area contributed by atoms with Crippen LogP contribution in [0.1, 0.15) is 21.5 Å². The number of carbonyl (C=O) groups excluding carboxylic acids is 1. The van der Waals surface area contributed by atoms with Crippen LogP contribution in [0.2, 0.25) is 0 Å². The van der Waals surface area contributed by atoms with Gasteiger partial charge in [-0.15, -0.1) is 0 Å². The van der Waals surface area contributed by atoms with Crippen molar-refractivity contribution in [2.24, 2.45) is 0 Å². The summed E-state index contributed by atoms with van der Waals surface area (Å²) in [6.07, 6.45) is 1.56. The third kappa shape index (κ3) is 4.20. The molecule has 5 heteroatoms. The fraction of sp³-hybridized carbons (Fsp3) is 0.100. The number of pyridine rings is 1. The van der Waals surface area contributed by atoms with Crippen LogP contribution in [0, 0.1) is 19.7 Å². The first-order chi connectivity index (χ1) is 12.0. The van der Waals surface area contributed by atoms with Crippen molar-refractivity contribution >= 4 is 23.1 Å². The molecule has 126 valence electrons. The zero-order valence-electron chi connectivity index (χ0n) is 14.0. The Hall–Kier alpha value is -3.21. The van der Waals surface area contributed by atoms with Gasteiger partial charge in [-0.3, -0.25) is 4.79 Å². The second kappa shape index (κ2) is 7.13. The number of amides is 1.